The quantitative estimate of drug-likeness (QED) is 0.593. The van der Waals surface area contributed by atoms with E-state index in [2.05, 4.69) is 20.4 Å². The van der Waals surface area contributed by atoms with Crippen LogP contribution in [0, 0.1) is 0 Å². The molecule has 3 aromatic rings. The Bertz CT molecular complexity index is 991. The lowest BCUT2D eigenvalue weighted by Gasteiger charge is -2.30. The summed E-state index contributed by atoms with van der Waals surface area (Å²) in [6, 6.07) is 15.0. The van der Waals surface area contributed by atoms with Gasteiger partial charge in [-0.05, 0) is 24.3 Å². The van der Waals surface area contributed by atoms with Gasteiger partial charge in [-0.3, -0.25) is 4.79 Å². The van der Waals surface area contributed by atoms with Crippen molar-refractivity contribution in [3.05, 3.63) is 53.6 Å². The Balaban J connectivity index is 1.37. The molecule has 1 amide bonds. The molecule has 0 radical (unpaired) electrons. The van der Waals surface area contributed by atoms with Crippen LogP contribution in [0.15, 0.2) is 58.2 Å². The number of para-hydroxylation sites is 2. The van der Waals surface area contributed by atoms with Gasteiger partial charge in [0, 0.05) is 13.1 Å². The second-order valence-electron chi connectivity index (χ2n) is 6.31. The zero-order chi connectivity index (χ0) is 20.1. The lowest BCUT2D eigenvalue weighted by molar-refractivity contribution is -0.113. The molecule has 9 heteroatoms. The minimum Gasteiger partial charge on any atom is -0.411 e. The molecule has 7 nitrogen and oxygen atoms in total. The zero-order valence-corrected chi connectivity index (χ0v) is 17.1. The number of halogens is 1. The van der Waals surface area contributed by atoms with E-state index >= 15 is 0 Å². The van der Waals surface area contributed by atoms with Crippen molar-refractivity contribution in [2.45, 2.75) is 5.22 Å². The van der Waals surface area contributed by atoms with Crippen molar-refractivity contribution in [1.82, 2.24) is 10.2 Å². The zero-order valence-electron chi connectivity index (χ0n) is 15.5. The van der Waals surface area contributed by atoms with Crippen molar-refractivity contribution in [2.75, 3.05) is 42.3 Å². The van der Waals surface area contributed by atoms with Crippen molar-refractivity contribution in [3.8, 4) is 11.5 Å². The first-order valence-corrected chi connectivity index (χ1v) is 10.5. The van der Waals surface area contributed by atoms with E-state index in [9.17, 15) is 4.79 Å². The average Bonchev–Trinajstić information content (AvgIpc) is 3.22. The summed E-state index contributed by atoms with van der Waals surface area (Å²) in [7, 11) is 0. The number of benzene rings is 2. The number of amides is 1. The van der Waals surface area contributed by atoms with E-state index in [0.717, 1.165) is 24.5 Å². The molecule has 0 atom stereocenters. The van der Waals surface area contributed by atoms with Crippen molar-refractivity contribution in [2.24, 2.45) is 0 Å². The molecule has 1 aliphatic heterocycles. The number of carbonyl (C=O) groups is 1. The van der Waals surface area contributed by atoms with E-state index in [0.29, 0.717) is 34.9 Å². The first kappa shape index (κ1) is 19.8. The Labute approximate surface area is 177 Å². The third kappa shape index (κ3) is 4.90. The number of hydrogen-bond acceptors (Lipinski definition) is 7. The van der Waals surface area contributed by atoms with Gasteiger partial charge in [-0.1, -0.05) is 47.6 Å². The van der Waals surface area contributed by atoms with Crippen molar-refractivity contribution in [1.29, 1.82) is 0 Å². The molecule has 0 spiro atoms. The number of nitrogens with zero attached hydrogens (tertiary/aromatic N) is 3. The molecule has 1 aromatic heterocycles. The Morgan fingerprint density at radius 3 is 2.69 bits per heavy atom. The molecule has 1 aliphatic rings. The van der Waals surface area contributed by atoms with Crippen LogP contribution in [0.3, 0.4) is 0 Å². The molecule has 2 heterocycles. The summed E-state index contributed by atoms with van der Waals surface area (Å²) in [6.45, 7) is 2.97. The maximum absolute atomic E-state index is 12.5. The van der Waals surface area contributed by atoms with Crippen molar-refractivity contribution in [3.63, 3.8) is 0 Å². The number of ether oxygens (including phenoxy) is 1. The fourth-order valence-electron chi connectivity index (χ4n) is 2.98. The molecule has 29 heavy (non-hydrogen) atoms. The summed E-state index contributed by atoms with van der Waals surface area (Å²) in [5.41, 5.74) is 2.44. The molecule has 4 rings (SSSR count). The first-order valence-electron chi connectivity index (χ1n) is 9.13. The highest BCUT2D eigenvalue weighted by Crippen LogP contribution is 2.29. The number of morpholine rings is 1. The molecule has 0 bridgehead atoms. The van der Waals surface area contributed by atoms with E-state index in [-0.39, 0.29) is 11.7 Å². The fourth-order valence-corrected chi connectivity index (χ4v) is 3.76. The Hall–Kier alpha value is -2.55. The highest BCUT2D eigenvalue weighted by Gasteiger charge is 2.17. The maximum Gasteiger partial charge on any atom is 0.277 e. The van der Waals surface area contributed by atoms with Gasteiger partial charge in [-0.2, -0.15) is 0 Å². The number of thioether (sulfide) groups is 1. The predicted molar refractivity (Wildman–Crippen MR) is 114 cm³/mol. The van der Waals surface area contributed by atoms with Gasteiger partial charge in [0.2, 0.25) is 11.8 Å². The number of aromatic nitrogens is 2. The molecule has 150 valence electrons. The Kier molecular flexibility index (Phi) is 6.33. The number of anilines is 2. The predicted octanol–water partition coefficient (Wildman–Crippen LogP) is 3.96. The number of hydrogen-bond donors (Lipinski definition) is 1. The van der Waals surface area contributed by atoms with Crippen LogP contribution in [0.4, 0.5) is 11.4 Å². The first-order chi connectivity index (χ1) is 14.2. The number of rotatable bonds is 6. The summed E-state index contributed by atoms with van der Waals surface area (Å²) in [6.07, 6.45) is 0. The van der Waals surface area contributed by atoms with Gasteiger partial charge in [-0.15, -0.1) is 10.2 Å². The van der Waals surface area contributed by atoms with Gasteiger partial charge < -0.3 is 19.4 Å². The van der Waals surface area contributed by atoms with Crippen molar-refractivity contribution < 1.29 is 13.9 Å². The molecule has 0 unspecified atom stereocenters. The summed E-state index contributed by atoms with van der Waals surface area (Å²) in [5.74, 6) is 0.339. The van der Waals surface area contributed by atoms with Crippen LogP contribution in [0.2, 0.25) is 5.02 Å². The molecule has 1 fully saturated rings. The Morgan fingerprint density at radius 1 is 1.10 bits per heavy atom. The third-order valence-electron chi connectivity index (χ3n) is 4.37. The summed E-state index contributed by atoms with van der Waals surface area (Å²) in [5, 5.41) is 11.8. The highest BCUT2D eigenvalue weighted by molar-refractivity contribution is 7.99. The van der Waals surface area contributed by atoms with Gasteiger partial charge in [0.25, 0.3) is 5.22 Å². The summed E-state index contributed by atoms with van der Waals surface area (Å²) in [4.78, 5) is 14.7. The van der Waals surface area contributed by atoms with E-state index in [4.69, 9.17) is 20.8 Å². The van der Waals surface area contributed by atoms with Crippen LogP contribution in [-0.4, -0.2) is 48.2 Å². The van der Waals surface area contributed by atoms with Crippen LogP contribution < -0.4 is 10.2 Å². The lowest BCUT2D eigenvalue weighted by Crippen LogP contribution is -2.36. The van der Waals surface area contributed by atoms with Crippen LogP contribution in [0.5, 0.6) is 0 Å². The monoisotopic (exact) mass is 430 g/mol. The minimum atomic E-state index is -0.145. The minimum absolute atomic E-state index is 0.145. The SMILES string of the molecule is O=C(CSc1nnc(-c2ccccc2Cl)o1)Nc1ccccc1N1CCOCC1. The van der Waals surface area contributed by atoms with Gasteiger partial charge in [0.05, 0.1) is 40.9 Å². The second kappa shape index (κ2) is 9.30. The standard InChI is InChI=1S/C20H19ClN4O3S/c21-15-6-2-1-5-14(15)19-23-24-20(28-19)29-13-18(26)22-16-7-3-4-8-17(16)25-9-11-27-12-10-25/h1-8H,9-13H2,(H,22,26). The van der Waals surface area contributed by atoms with E-state index < -0.39 is 0 Å². The van der Waals surface area contributed by atoms with Crippen molar-refractivity contribution >= 4 is 40.6 Å². The molecule has 0 aliphatic carbocycles. The Morgan fingerprint density at radius 2 is 1.86 bits per heavy atom. The summed E-state index contributed by atoms with van der Waals surface area (Å²) >= 11 is 7.34. The van der Waals surface area contributed by atoms with E-state index in [1.807, 2.05) is 36.4 Å². The molecule has 2 aromatic carbocycles. The largest absolute Gasteiger partial charge is 0.411 e. The lowest BCUT2D eigenvalue weighted by atomic mass is 10.2. The van der Waals surface area contributed by atoms with Crippen LogP contribution >= 0.6 is 23.4 Å². The van der Waals surface area contributed by atoms with Crippen LogP contribution in [-0.2, 0) is 9.53 Å². The normalized spacial score (nSPS) is 14.0. The molecule has 1 saturated heterocycles. The number of nitrogens with one attached hydrogen (secondary N) is 1. The van der Waals surface area contributed by atoms with Crippen LogP contribution in [0.25, 0.3) is 11.5 Å². The van der Waals surface area contributed by atoms with Gasteiger partial charge in [0.15, 0.2) is 0 Å². The fraction of sp³-hybridized carbons (Fsp3) is 0.250. The van der Waals surface area contributed by atoms with Gasteiger partial charge >= 0.3 is 0 Å². The molecule has 1 N–H and O–H groups in total. The van der Waals surface area contributed by atoms with Gasteiger partial charge in [-0.25, -0.2) is 0 Å². The molecular weight excluding hydrogens is 412 g/mol. The number of carbonyl (C=O) groups excluding carboxylic acids is 1. The second-order valence-corrected chi connectivity index (χ2v) is 7.64. The third-order valence-corrected chi connectivity index (χ3v) is 5.52. The van der Waals surface area contributed by atoms with Gasteiger partial charge in [0.1, 0.15) is 0 Å². The topological polar surface area (TPSA) is 80.5 Å². The maximum atomic E-state index is 12.5. The smallest absolute Gasteiger partial charge is 0.277 e. The highest BCUT2D eigenvalue weighted by atomic mass is 35.5. The van der Waals surface area contributed by atoms with Crippen LogP contribution in [0.1, 0.15) is 0 Å². The van der Waals surface area contributed by atoms with E-state index in [1.54, 1.807) is 12.1 Å². The van der Waals surface area contributed by atoms with E-state index in [1.165, 1.54) is 11.8 Å². The molecule has 0 saturated carbocycles. The molecular formula is C20H19ClN4O3S. The summed E-state index contributed by atoms with van der Waals surface area (Å²) < 4.78 is 11.0. The average molecular weight is 431 g/mol.